The Morgan fingerprint density at radius 3 is 2.60 bits per heavy atom. The highest BCUT2D eigenvalue weighted by Gasteiger charge is 2.40. The van der Waals surface area contributed by atoms with Crippen molar-refractivity contribution in [3.05, 3.63) is 70.9 Å². The van der Waals surface area contributed by atoms with Crippen LogP contribution in [0.3, 0.4) is 0 Å². The fourth-order valence-electron chi connectivity index (χ4n) is 3.94. The number of rotatable bonds is 4. The molecule has 3 nitrogen and oxygen atoms in total. The van der Waals surface area contributed by atoms with Crippen LogP contribution in [0.2, 0.25) is 5.02 Å². The van der Waals surface area contributed by atoms with E-state index in [1.165, 1.54) is 5.56 Å². The maximum atomic E-state index is 13.5. The number of ketones is 1. The summed E-state index contributed by atoms with van der Waals surface area (Å²) in [7, 11) is 0. The van der Waals surface area contributed by atoms with Crippen LogP contribution in [0.25, 0.3) is 10.9 Å². The van der Waals surface area contributed by atoms with Crippen molar-refractivity contribution >= 4 is 28.3 Å². The number of H-pyrrole nitrogens is 1. The highest BCUT2D eigenvalue weighted by molar-refractivity contribution is 6.35. The fraction of sp³-hybridized carbons (Fsp3) is 0.286. The number of fused-ring (bicyclic) bond motifs is 1. The Labute approximate surface area is 152 Å². The second kappa shape index (κ2) is 6.66. The first-order chi connectivity index (χ1) is 12.2. The minimum atomic E-state index is -0.361. The van der Waals surface area contributed by atoms with E-state index in [0.717, 1.165) is 48.8 Å². The van der Waals surface area contributed by atoms with Gasteiger partial charge in [-0.2, -0.15) is 0 Å². The lowest BCUT2D eigenvalue weighted by Gasteiger charge is -2.36. The van der Waals surface area contributed by atoms with E-state index < -0.39 is 0 Å². The van der Waals surface area contributed by atoms with Crippen molar-refractivity contribution < 1.29 is 4.79 Å². The first kappa shape index (κ1) is 16.4. The van der Waals surface area contributed by atoms with Crippen molar-refractivity contribution in [3.8, 4) is 0 Å². The summed E-state index contributed by atoms with van der Waals surface area (Å²) < 4.78 is 0. The van der Waals surface area contributed by atoms with Gasteiger partial charge in [0.05, 0.1) is 10.5 Å². The minimum absolute atomic E-state index is 0.211. The molecule has 128 valence electrons. The number of halogens is 1. The van der Waals surface area contributed by atoms with Crippen LogP contribution in [0.15, 0.2) is 54.7 Å². The number of hydrogen-bond acceptors (Lipinski definition) is 2. The predicted molar refractivity (Wildman–Crippen MR) is 102 cm³/mol. The molecule has 0 unspecified atom stereocenters. The van der Waals surface area contributed by atoms with Crippen LogP contribution < -0.4 is 5.32 Å². The molecule has 2 N–H and O–H groups in total. The molecule has 0 saturated carbocycles. The molecule has 1 aliphatic rings. The molecule has 1 saturated heterocycles. The average Bonchev–Trinajstić information content (AvgIpc) is 3.12. The van der Waals surface area contributed by atoms with E-state index in [4.69, 9.17) is 11.6 Å². The van der Waals surface area contributed by atoms with E-state index in [-0.39, 0.29) is 11.2 Å². The van der Waals surface area contributed by atoms with Crippen LogP contribution in [0.1, 0.15) is 28.8 Å². The van der Waals surface area contributed by atoms with E-state index in [9.17, 15) is 4.79 Å². The second-order valence-electron chi connectivity index (χ2n) is 6.92. The van der Waals surface area contributed by atoms with E-state index in [0.29, 0.717) is 5.02 Å². The maximum Gasteiger partial charge on any atom is 0.169 e. The first-order valence-corrected chi connectivity index (χ1v) is 9.12. The van der Waals surface area contributed by atoms with Crippen molar-refractivity contribution in [3.63, 3.8) is 0 Å². The smallest absolute Gasteiger partial charge is 0.169 e. The van der Waals surface area contributed by atoms with Crippen molar-refractivity contribution in [1.29, 1.82) is 0 Å². The zero-order valence-electron chi connectivity index (χ0n) is 14.0. The van der Waals surface area contributed by atoms with Crippen molar-refractivity contribution in [2.45, 2.75) is 19.3 Å². The number of carbonyl (C=O) groups is 1. The second-order valence-corrected chi connectivity index (χ2v) is 7.33. The number of aromatic nitrogens is 1. The Hall–Kier alpha value is -2.10. The van der Waals surface area contributed by atoms with E-state index in [1.54, 1.807) is 0 Å². The molecule has 2 heterocycles. The molecule has 0 radical (unpaired) electrons. The number of hydrogen-bond donors (Lipinski definition) is 2. The number of piperidine rings is 1. The molecule has 4 heteroatoms. The van der Waals surface area contributed by atoms with Crippen LogP contribution in [0.5, 0.6) is 0 Å². The van der Waals surface area contributed by atoms with Gasteiger partial charge in [-0.05, 0) is 56.1 Å². The van der Waals surface area contributed by atoms with E-state index in [2.05, 4.69) is 22.4 Å². The molecule has 25 heavy (non-hydrogen) atoms. The van der Waals surface area contributed by atoms with Gasteiger partial charge in [-0.1, -0.05) is 41.9 Å². The molecule has 0 spiro atoms. The average molecular weight is 353 g/mol. The van der Waals surface area contributed by atoms with Gasteiger partial charge >= 0.3 is 0 Å². The third-order valence-corrected chi connectivity index (χ3v) is 5.60. The molecular weight excluding hydrogens is 332 g/mol. The first-order valence-electron chi connectivity index (χ1n) is 8.74. The van der Waals surface area contributed by atoms with Crippen molar-refractivity contribution in [2.75, 3.05) is 13.1 Å². The number of benzene rings is 2. The number of aromatic amines is 1. The van der Waals surface area contributed by atoms with Crippen LogP contribution in [0, 0.1) is 5.41 Å². The third kappa shape index (κ3) is 3.10. The third-order valence-electron chi connectivity index (χ3n) is 5.30. The summed E-state index contributed by atoms with van der Waals surface area (Å²) in [4.78, 5) is 16.7. The Kier molecular flexibility index (Phi) is 4.36. The normalized spacial score (nSPS) is 16.8. The van der Waals surface area contributed by atoms with Gasteiger partial charge in [0.1, 0.15) is 0 Å². The van der Waals surface area contributed by atoms with Crippen molar-refractivity contribution in [1.82, 2.24) is 10.3 Å². The van der Waals surface area contributed by atoms with Crippen LogP contribution in [-0.4, -0.2) is 23.9 Å². The summed E-state index contributed by atoms with van der Waals surface area (Å²) in [6.45, 7) is 1.75. The molecule has 1 fully saturated rings. The highest BCUT2D eigenvalue weighted by Crippen LogP contribution is 2.38. The molecule has 3 aromatic rings. The number of carbonyl (C=O) groups excluding carboxylic acids is 1. The lowest BCUT2D eigenvalue weighted by Crippen LogP contribution is -2.43. The van der Waals surface area contributed by atoms with E-state index >= 15 is 0 Å². The topological polar surface area (TPSA) is 44.9 Å². The predicted octanol–water partition coefficient (Wildman–Crippen LogP) is 4.62. The van der Waals surface area contributed by atoms with Gasteiger partial charge in [-0.25, -0.2) is 0 Å². The molecule has 1 aromatic heterocycles. The largest absolute Gasteiger partial charge is 0.360 e. The molecule has 4 rings (SSSR count). The molecule has 1 aliphatic heterocycles. The summed E-state index contributed by atoms with van der Waals surface area (Å²) in [5.41, 5.74) is 2.46. The molecule has 0 atom stereocenters. The van der Waals surface area contributed by atoms with Crippen LogP contribution in [-0.2, 0) is 6.42 Å². The van der Waals surface area contributed by atoms with Gasteiger partial charge in [0.25, 0.3) is 0 Å². The monoisotopic (exact) mass is 352 g/mol. The summed E-state index contributed by atoms with van der Waals surface area (Å²) in [5, 5.41) is 4.98. The molecule has 0 aliphatic carbocycles. The lowest BCUT2D eigenvalue weighted by atomic mass is 9.69. The van der Waals surface area contributed by atoms with Gasteiger partial charge in [0.15, 0.2) is 5.78 Å². The number of nitrogens with one attached hydrogen (secondary N) is 2. The van der Waals surface area contributed by atoms with Gasteiger partial charge in [-0.15, -0.1) is 0 Å². The van der Waals surface area contributed by atoms with E-state index in [1.807, 2.05) is 42.6 Å². The van der Waals surface area contributed by atoms with Crippen LogP contribution >= 0.6 is 11.6 Å². The summed E-state index contributed by atoms with van der Waals surface area (Å²) >= 11 is 6.40. The Morgan fingerprint density at radius 2 is 1.84 bits per heavy atom. The molecule has 2 aromatic carbocycles. The van der Waals surface area contributed by atoms with Crippen molar-refractivity contribution in [2.24, 2.45) is 5.41 Å². The van der Waals surface area contributed by atoms with Crippen LogP contribution in [0.4, 0.5) is 0 Å². The summed E-state index contributed by atoms with van der Waals surface area (Å²) in [5.74, 6) is 0.211. The molecular formula is C21H21ClN2O. The van der Waals surface area contributed by atoms with Gasteiger partial charge < -0.3 is 10.3 Å². The highest BCUT2D eigenvalue weighted by atomic mass is 35.5. The standard InChI is InChI=1S/C21H21ClN2O/c22-18-13-17(12-16-6-9-24-19(16)18)20(25)21(7-10-23-11-8-21)14-15-4-2-1-3-5-15/h1-6,9,12-13,23-24H,7-8,10-11,14H2. The van der Waals surface area contributed by atoms with Gasteiger partial charge in [0, 0.05) is 22.6 Å². The SMILES string of the molecule is O=C(c1cc(Cl)c2[nH]ccc2c1)C1(Cc2ccccc2)CCNCC1. The lowest BCUT2D eigenvalue weighted by molar-refractivity contribution is 0.0726. The maximum absolute atomic E-state index is 13.5. The molecule has 0 bridgehead atoms. The summed E-state index contributed by atoms with van der Waals surface area (Å²) in [6, 6.07) is 16.1. The quantitative estimate of drug-likeness (QED) is 0.673. The Bertz CT molecular complexity index is 895. The summed E-state index contributed by atoms with van der Waals surface area (Å²) in [6.07, 6.45) is 4.33. The Morgan fingerprint density at radius 1 is 1.08 bits per heavy atom. The number of Topliss-reactive ketones (excluding diaryl/α,β-unsaturated/α-hetero) is 1. The fourth-order valence-corrected chi connectivity index (χ4v) is 4.22. The minimum Gasteiger partial charge on any atom is -0.360 e. The molecule has 0 amide bonds. The van der Waals surface area contributed by atoms with Gasteiger partial charge in [0.2, 0.25) is 0 Å². The zero-order valence-corrected chi connectivity index (χ0v) is 14.8. The van der Waals surface area contributed by atoms with Gasteiger partial charge in [-0.3, -0.25) is 4.79 Å². The Balaban J connectivity index is 1.74. The zero-order chi connectivity index (χ0) is 17.3.